The molecule has 3 heterocycles. The minimum absolute atomic E-state index is 0.0158. The van der Waals surface area contributed by atoms with Gasteiger partial charge in [0.25, 0.3) is 5.91 Å². The van der Waals surface area contributed by atoms with Crippen LogP contribution in [0.25, 0.3) is 0 Å². The molecule has 4 rings (SSSR count). The average molecular weight is 379 g/mol. The van der Waals surface area contributed by atoms with Crippen LogP contribution in [0.4, 0.5) is 5.69 Å². The number of carbonyl (C=O) groups excluding carboxylic acids is 1. The molecule has 2 aromatic rings. The highest BCUT2D eigenvalue weighted by atomic mass is 16.1. The van der Waals surface area contributed by atoms with Crippen LogP contribution in [0.2, 0.25) is 0 Å². The molecule has 1 atom stereocenters. The highest BCUT2D eigenvalue weighted by Crippen LogP contribution is 2.26. The van der Waals surface area contributed by atoms with Gasteiger partial charge in [-0.25, -0.2) is 0 Å². The predicted octanol–water partition coefficient (Wildman–Crippen LogP) is 2.81. The number of nitrogens with zero attached hydrogens (tertiary/aromatic N) is 2. The minimum atomic E-state index is -0.0158. The van der Waals surface area contributed by atoms with Crippen LogP contribution in [0, 0.1) is 5.92 Å². The van der Waals surface area contributed by atoms with Gasteiger partial charge in [-0.2, -0.15) is 0 Å². The maximum Gasteiger partial charge on any atom is 0.252 e. The lowest BCUT2D eigenvalue weighted by Gasteiger charge is -2.31. The molecule has 0 aliphatic carbocycles. The number of amides is 1. The summed E-state index contributed by atoms with van der Waals surface area (Å²) in [6.45, 7) is 4.93. The number of nitrogens with one attached hydrogen (secondary N) is 2. The number of benzene rings is 1. The molecular formula is C23H30N4O. The first-order chi connectivity index (χ1) is 13.8. The van der Waals surface area contributed by atoms with Crippen molar-refractivity contribution in [3.8, 4) is 0 Å². The van der Waals surface area contributed by atoms with Gasteiger partial charge in [0.1, 0.15) is 0 Å². The maximum absolute atomic E-state index is 12.5. The Morgan fingerprint density at radius 3 is 3.11 bits per heavy atom. The molecular weight excluding hydrogens is 348 g/mol. The molecule has 1 aromatic carbocycles. The summed E-state index contributed by atoms with van der Waals surface area (Å²) in [7, 11) is 0. The Kier molecular flexibility index (Phi) is 6.22. The van der Waals surface area contributed by atoms with Gasteiger partial charge in [0, 0.05) is 37.7 Å². The SMILES string of the molecule is O=C(NCCCN1CCCc2ccccc21)c1cncc(CC2CCNC2)c1. The topological polar surface area (TPSA) is 57.3 Å². The van der Waals surface area contributed by atoms with Gasteiger partial charge >= 0.3 is 0 Å². The molecule has 0 bridgehead atoms. The fraction of sp³-hybridized carbons (Fsp3) is 0.478. The molecule has 2 aliphatic rings. The highest BCUT2D eigenvalue weighted by Gasteiger charge is 2.17. The largest absolute Gasteiger partial charge is 0.371 e. The van der Waals surface area contributed by atoms with E-state index in [2.05, 4.69) is 44.8 Å². The average Bonchev–Trinajstić information content (AvgIpc) is 3.24. The van der Waals surface area contributed by atoms with Crippen molar-refractivity contribution < 1.29 is 4.79 Å². The summed E-state index contributed by atoms with van der Waals surface area (Å²) in [6.07, 6.45) is 9.09. The van der Waals surface area contributed by atoms with E-state index in [1.54, 1.807) is 6.20 Å². The first-order valence-electron chi connectivity index (χ1n) is 10.6. The molecule has 1 amide bonds. The van der Waals surface area contributed by atoms with Crippen LogP contribution in [-0.2, 0) is 12.8 Å². The number of aromatic nitrogens is 1. The Balaban J connectivity index is 1.25. The Morgan fingerprint density at radius 1 is 1.29 bits per heavy atom. The van der Waals surface area contributed by atoms with Crippen LogP contribution < -0.4 is 15.5 Å². The quantitative estimate of drug-likeness (QED) is 0.728. The molecule has 0 saturated carbocycles. The number of carbonyl (C=O) groups is 1. The summed E-state index contributed by atoms with van der Waals surface area (Å²) < 4.78 is 0. The van der Waals surface area contributed by atoms with Crippen molar-refractivity contribution in [1.29, 1.82) is 0 Å². The lowest BCUT2D eigenvalue weighted by atomic mass is 9.99. The van der Waals surface area contributed by atoms with Crippen molar-refractivity contribution >= 4 is 11.6 Å². The third-order valence-electron chi connectivity index (χ3n) is 5.84. The van der Waals surface area contributed by atoms with Crippen molar-refractivity contribution in [1.82, 2.24) is 15.6 Å². The molecule has 148 valence electrons. The zero-order valence-electron chi connectivity index (χ0n) is 16.5. The Morgan fingerprint density at radius 2 is 2.21 bits per heavy atom. The molecule has 1 fully saturated rings. The molecule has 1 aromatic heterocycles. The van der Waals surface area contributed by atoms with E-state index in [0.717, 1.165) is 44.6 Å². The molecule has 2 N–H and O–H groups in total. The molecule has 1 saturated heterocycles. The van der Waals surface area contributed by atoms with Crippen LogP contribution in [0.3, 0.4) is 0 Å². The number of para-hydroxylation sites is 1. The van der Waals surface area contributed by atoms with Crippen LogP contribution in [0.15, 0.2) is 42.7 Å². The van der Waals surface area contributed by atoms with Gasteiger partial charge in [-0.05, 0) is 74.4 Å². The first kappa shape index (κ1) is 18.9. The fourth-order valence-corrected chi connectivity index (χ4v) is 4.36. The van der Waals surface area contributed by atoms with Crippen molar-refractivity contribution in [2.24, 2.45) is 5.92 Å². The van der Waals surface area contributed by atoms with Gasteiger partial charge in [0.15, 0.2) is 0 Å². The summed E-state index contributed by atoms with van der Waals surface area (Å²) in [4.78, 5) is 19.2. The van der Waals surface area contributed by atoms with E-state index in [-0.39, 0.29) is 5.91 Å². The number of hydrogen-bond acceptors (Lipinski definition) is 4. The van der Waals surface area contributed by atoms with Crippen LogP contribution in [-0.4, -0.2) is 43.6 Å². The number of aryl methyl sites for hydroxylation is 1. The van der Waals surface area contributed by atoms with E-state index in [1.165, 1.54) is 30.5 Å². The molecule has 5 nitrogen and oxygen atoms in total. The molecule has 1 unspecified atom stereocenters. The second-order valence-electron chi connectivity index (χ2n) is 7.97. The molecule has 2 aliphatic heterocycles. The van der Waals surface area contributed by atoms with Crippen molar-refractivity contribution in [2.45, 2.75) is 32.1 Å². The Bertz CT molecular complexity index is 801. The molecule has 28 heavy (non-hydrogen) atoms. The number of hydrogen-bond donors (Lipinski definition) is 2. The number of rotatable bonds is 7. The van der Waals surface area contributed by atoms with Gasteiger partial charge in [0.05, 0.1) is 5.56 Å². The molecule has 5 heteroatoms. The molecule has 0 spiro atoms. The third-order valence-corrected chi connectivity index (χ3v) is 5.84. The van der Waals surface area contributed by atoms with Gasteiger partial charge in [-0.3, -0.25) is 9.78 Å². The number of pyridine rings is 1. The monoisotopic (exact) mass is 378 g/mol. The summed E-state index contributed by atoms with van der Waals surface area (Å²) in [5, 5.41) is 6.46. The van der Waals surface area contributed by atoms with Gasteiger partial charge in [-0.1, -0.05) is 18.2 Å². The van der Waals surface area contributed by atoms with E-state index >= 15 is 0 Å². The van der Waals surface area contributed by atoms with E-state index in [4.69, 9.17) is 0 Å². The highest BCUT2D eigenvalue weighted by molar-refractivity contribution is 5.94. The Hall–Kier alpha value is -2.40. The minimum Gasteiger partial charge on any atom is -0.371 e. The zero-order valence-corrected chi connectivity index (χ0v) is 16.5. The second kappa shape index (κ2) is 9.20. The maximum atomic E-state index is 12.5. The fourth-order valence-electron chi connectivity index (χ4n) is 4.36. The lowest BCUT2D eigenvalue weighted by molar-refractivity contribution is 0.0953. The van der Waals surface area contributed by atoms with E-state index in [0.29, 0.717) is 18.0 Å². The van der Waals surface area contributed by atoms with Crippen LogP contribution in [0.1, 0.15) is 40.7 Å². The van der Waals surface area contributed by atoms with Crippen LogP contribution >= 0.6 is 0 Å². The van der Waals surface area contributed by atoms with E-state index < -0.39 is 0 Å². The Labute approximate surface area is 167 Å². The summed E-state index contributed by atoms with van der Waals surface area (Å²) in [6, 6.07) is 10.7. The van der Waals surface area contributed by atoms with Gasteiger partial charge in [0.2, 0.25) is 0 Å². The smallest absolute Gasteiger partial charge is 0.252 e. The van der Waals surface area contributed by atoms with Crippen molar-refractivity contribution in [3.63, 3.8) is 0 Å². The van der Waals surface area contributed by atoms with Crippen molar-refractivity contribution in [3.05, 3.63) is 59.4 Å². The summed E-state index contributed by atoms with van der Waals surface area (Å²) >= 11 is 0. The van der Waals surface area contributed by atoms with E-state index in [9.17, 15) is 4.79 Å². The summed E-state index contributed by atoms with van der Waals surface area (Å²) in [5.41, 5.74) is 4.63. The van der Waals surface area contributed by atoms with E-state index in [1.807, 2.05) is 12.3 Å². The number of anilines is 1. The summed E-state index contributed by atoms with van der Waals surface area (Å²) in [5.74, 6) is 0.644. The first-order valence-corrected chi connectivity index (χ1v) is 10.6. The van der Waals surface area contributed by atoms with Crippen molar-refractivity contribution in [2.75, 3.05) is 37.6 Å². The lowest BCUT2D eigenvalue weighted by Crippen LogP contribution is -2.33. The normalized spacial score (nSPS) is 18.7. The van der Waals surface area contributed by atoms with Gasteiger partial charge < -0.3 is 15.5 Å². The van der Waals surface area contributed by atoms with Gasteiger partial charge in [-0.15, -0.1) is 0 Å². The standard InChI is InChI=1S/C23H30N4O/c28-23(21-14-19(16-25-17-21)13-18-8-10-24-15-18)26-9-4-12-27-11-3-6-20-5-1-2-7-22(20)27/h1-2,5,7,14,16-18,24H,3-4,6,8-13,15H2,(H,26,28). The second-order valence-corrected chi connectivity index (χ2v) is 7.97. The number of fused-ring (bicyclic) bond motifs is 1. The molecule has 0 radical (unpaired) electrons. The zero-order chi connectivity index (χ0) is 19.2. The predicted molar refractivity (Wildman–Crippen MR) is 113 cm³/mol. The van der Waals surface area contributed by atoms with Crippen LogP contribution in [0.5, 0.6) is 0 Å². The third kappa shape index (κ3) is 4.71.